The van der Waals surface area contributed by atoms with Crippen LogP contribution in [0.1, 0.15) is 16.7 Å². The van der Waals surface area contributed by atoms with E-state index in [4.69, 9.17) is 0 Å². The predicted octanol–water partition coefficient (Wildman–Crippen LogP) is 10.2. The Morgan fingerprint density at radius 1 is 0.289 bits per heavy atom. The fourth-order valence-corrected chi connectivity index (χ4v) is 2.85. The van der Waals surface area contributed by atoms with Crippen molar-refractivity contribution in [3.8, 4) is 0 Å². The second-order valence-electron chi connectivity index (χ2n) is 7.82. The van der Waals surface area contributed by atoms with Gasteiger partial charge in [0.25, 0.3) is 0 Å². The quantitative estimate of drug-likeness (QED) is 0.103. The Kier molecular flexibility index (Phi) is 26.0. The minimum atomic E-state index is 0. The third-order valence-corrected chi connectivity index (χ3v) is 5.33. The zero-order valence-corrected chi connectivity index (χ0v) is 28.1. The molecule has 0 aliphatic rings. The molecule has 5 aromatic carbocycles. The number of rotatable bonds is 0. The Labute approximate surface area is 272 Å². The molecule has 0 aromatic heterocycles. The zero-order chi connectivity index (χ0) is 26.4. The molecular weight excluding hydrogens is 695 g/mol. The summed E-state index contributed by atoms with van der Waals surface area (Å²) in [5.41, 5.74) is 3.84. The maximum Gasteiger partial charge on any atom is 3.00 e. The summed E-state index contributed by atoms with van der Waals surface area (Å²) in [5.74, 6) is 0. The van der Waals surface area contributed by atoms with Gasteiger partial charge in [-0.15, -0.1) is 37.9 Å². The van der Waals surface area contributed by atoms with Gasteiger partial charge in [-0.3, -0.25) is 0 Å². The normalized spacial score (nSPS) is 8.37. The van der Waals surface area contributed by atoms with Gasteiger partial charge in [0.1, 0.15) is 0 Å². The van der Waals surface area contributed by atoms with Gasteiger partial charge in [-0.25, -0.2) is 0 Å². The second-order valence-corrected chi connectivity index (χ2v) is 9.37. The van der Waals surface area contributed by atoms with Gasteiger partial charge in [0.05, 0.1) is 0 Å². The summed E-state index contributed by atoms with van der Waals surface area (Å²) in [4.78, 5) is 3.07. The Bertz CT molecular complexity index is 898. The molecule has 0 spiro atoms. The summed E-state index contributed by atoms with van der Waals surface area (Å²) in [6.07, 6.45) is 0. The molecule has 0 N–H and O–H groups in total. The van der Waals surface area contributed by atoms with E-state index in [-0.39, 0.29) is 39.0 Å². The van der Waals surface area contributed by atoms with Crippen molar-refractivity contribution in [3.63, 3.8) is 0 Å². The molecule has 38 heavy (non-hydrogen) atoms. The Hall–Kier alpha value is -1.60. The fourth-order valence-electron chi connectivity index (χ4n) is 2.40. The molecule has 0 unspecified atom stereocenters. The topological polar surface area (TPSA) is 0 Å². The van der Waals surface area contributed by atoms with Crippen molar-refractivity contribution in [2.75, 3.05) is 0 Å². The van der Waals surface area contributed by atoms with Crippen LogP contribution >= 0.6 is 37.9 Å². The first-order valence-electron chi connectivity index (χ1n) is 11.6. The largest absolute Gasteiger partial charge is 3.00 e. The van der Waals surface area contributed by atoms with Crippen LogP contribution in [0.4, 0.5) is 0 Å². The summed E-state index contributed by atoms with van der Waals surface area (Å²) < 4.78 is 0. The van der Waals surface area contributed by atoms with Gasteiger partial charge in [0.2, 0.25) is 0 Å². The summed E-state index contributed by atoms with van der Waals surface area (Å²) in [5, 5.41) is 0. The number of thiol groups is 3. The zero-order valence-electron chi connectivity index (χ0n) is 21.9. The monoisotopic (exact) mass is 732 g/mol. The summed E-state index contributed by atoms with van der Waals surface area (Å²) in [7, 11) is 0. The van der Waals surface area contributed by atoms with Crippen molar-refractivity contribution in [2.24, 2.45) is 0 Å². The van der Waals surface area contributed by atoms with E-state index < -0.39 is 0 Å². The van der Waals surface area contributed by atoms with E-state index in [1.165, 1.54) is 16.7 Å². The van der Waals surface area contributed by atoms with Crippen LogP contribution < -0.4 is 0 Å². The van der Waals surface area contributed by atoms with Gasteiger partial charge in [-0.2, -0.15) is 0 Å². The van der Waals surface area contributed by atoms with E-state index in [0.717, 1.165) is 14.7 Å². The fraction of sp³-hybridized carbons (Fsp3) is 0.0909. The van der Waals surface area contributed by atoms with Gasteiger partial charge in [-0.1, -0.05) is 126 Å². The minimum Gasteiger partial charge on any atom is -0.143 e. The summed E-state index contributed by atoms with van der Waals surface area (Å²) >= 11 is 12.4. The van der Waals surface area contributed by atoms with Crippen LogP contribution in [0, 0.1) is 20.8 Å². The van der Waals surface area contributed by atoms with E-state index in [0.29, 0.717) is 0 Å². The SMILES string of the molecule is Cc1ccc(S)cc1.Cc1ccc(S)cc1.Cc1ccc(S)cc1.[Ru+3].[Ru+3].c1ccccc1.c1ccccc1. The van der Waals surface area contributed by atoms with Crippen molar-refractivity contribution < 1.29 is 39.0 Å². The predicted molar refractivity (Wildman–Crippen MR) is 168 cm³/mol. The van der Waals surface area contributed by atoms with Crippen LogP contribution in [-0.2, 0) is 39.0 Å². The molecule has 0 aliphatic carbocycles. The molecule has 0 bridgehead atoms. The Morgan fingerprint density at radius 3 is 0.526 bits per heavy atom. The Balaban J connectivity index is 0. The van der Waals surface area contributed by atoms with Crippen LogP contribution in [-0.4, -0.2) is 0 Å². The van der Waals surface area contributed by atoms with Crippen molar-refractivity contribution in [2.45, 2.75) is 35.5 Å². The van der Waals surface area contributed by atoms with Crippen LogP contribution in [0.2, 0.25) is 0 Å². The first-order valence-corrected chi connectivity index (χ1v) is 13.0. The average molecular weight is 731 g/mol. The van der Waals surface area contributed by atoms with Crippen LogP contribution in [0.5, 0.6) is 0 Å². The van der Waals surface area contributed by atoms with E-state index in [9.17, 15) is 0 Å². The van der Waals surface area contributed by atoms with E-state index in [1.54, 1.807) is 0 Å². The molecule has 0 atom stereocenters. The van der Waals surface area contributed by atoms with Crippen LogP contribution in [0.15, 0.2) is 160 Å². The van der Waals surface area contributed by atoms with Gasteiger partial charge in [-0.05, 0) is 57.2 Å². The second kappa shape index (κ2) is 25.7. The maximum absolute atomic E-state index is 4.13. The molecule has 0 saturated carbocycles. The van der Waals surface area contributed by atoms with Crippen molar-refractivity contribution in [1.82, 2.24) is 0 Å². The number of hydrogen-bond acceptors (Lipinski definition) is 3. The van der Waals surface area contributed by atoms with Gasteiger partial charge in [0.15, 0.2) is 0 Å². The standard InChI is InChI=1S/3C7H8S.2C6H6.2Ru/c3*1-6-2-4-7(8)5-3-6;2*1-2-4-6-5-3-1;;/h3*2-5,8H,1H3;2*1-6H;;/q;;;;;2*+3. The molecule has 0 heterocycles. The number of aryl methyl sites for hydroxylation is 3. The molecular formula is C33H36Ru2S3+6. The molecule has 5 aromatic rings. The minimum absolute atomic E-state index is 0. The number of hydrogen-bond donors (Lipinski definition) is 3. The smallest absolute Gasteiger partial charge is 0.143 e. The van der Waals surface area contributed by atoms with Crippen molar-refractivity contribution in [1.29, 1.82) is 0 Å². The molecule has 5 rings (SSSR count). The molecule has 0 aliphatic heterocycles. The Morgan fingerprint density at radius 2 is 0.421 bits per heavy atom. The molecule has 0 saturated heterocycles. The maximum atomic E-state index is 4.13. The third-order valence-electron chi connectivity index (χ3n) is 4.44. The van der Waals surface area contributed by atoms with Crippen molar-refractivity contribution in [3.05, 3.63) is 162 Å². The van der Waals surface area contributed by atoms with Crippen LogP contribution in [0.25, 0.3) is 0 Å². The first-order chi connectivity index (χ1) is 17.4. The van der Waals surface area contributed by atoms with E-state index in [1.807, 2.05) is 146 Å². The van der Waals surface area contributed by atoms with E-state index >= 15 is 0 Å². The molecule has 0 fully saturated rings. The average Bonchev–Trinajstić information content (AvgIpc) is 2.93. The van der Waals surface area contributed by atoms with E-state index in [2.05, 4.69) is 58.7 Å². The number of benzene rings is 5. The van der Waals surface area contributed by atoms with Gasteiger partial charge < -0.3 is 0 Å². The summed E-state index contributed by atoms with van der Waals surface area (Å²) in [6, 6.07) is 48.2. The summed E-state index contributed by atoms with van der Waals surface area (Å²) in [6.45, 7) is 6.19. The van der Waals surface area contributed by atoms with Crippen LogP contribution in [0.3, 0.4) is 0 Å². The molecule has 5 heteroatoms. The van der Waals surface area contributed by atoms with Gasteiger partial charge >= 0.3 is 39.0 Å². The molecule has 0 amide bonds. The van der Waals surface area contributed by atoms with Gasteiger partial charge in [0, 0.05) is 14.7 Å². The molecule has 0 nitrogen and oxygen atoms in total. The molecule has 2 radical (unpaired) electrons. The third kappa shape index (κ3) is 23.5. The molecule has 196 valence electrons. The van der Waals surface area contributed by atoms with Crippen molar-refractivity contribution >= 4 is 37.9 Å². The first kappa shape index (κ1) is 38.5.